The fourth-order valence-electron chi connectivity index (χ4n) is 1.35. The molecule has 4 nitrogen and oxygen atoms in total. The van der Waals surface area contributed by atoms with E-state index in [9.17, 15) is 4.79 Å². The zero-order valence-electron chi connectivity index (χ0n) is 11.1. The van der Waals surface area contributed by atoms with Gasteiger partial charge in [-0.2, -0.15) is 0 Å². The number of carbonyl (C=O) groups is 1. The molecule has 0 heterocycles. The summed E-state index contributed by atoms with van der Waals surface area (Å²) in [5.41, 5.74) is 6.28. The molecule has 0 saturated heterocycles. The van der Waals surface area contributed by atoms with Gasteiger partial charge < -0.3 is 15.8 Å². The van der Waals surface area contributed by atoms with E-state index in [0.29, 0.717) is 11.4 Å². The Kier molecular flexibility index (Phi) is 4.76. The Morgan fingerprint density at radius 3 is 2.56 bits per heavy atom. The Labute approximate surface area is 116 Å². The predicted molar refractivity (Wildman–Crippen MR) is 76.8 cm³/mol. The van der Waals surface area contributed by atoms with E-state index in [-0.39, 0.29) is 11.3 Å². The summed E-state index contributed by atoms with van der Waals surface area (Å²) < 4.78 is 6.00. The Balaban J connectivity index is 2.82. The van der Waals surface area contributed by atoms with Crippen molar-refractivity contribution in [2.24, 2.45) is 11.1 Å². The van der Waals surface area contributed by atoms with Crippen LogP contribution in [0.25, 0.3) is 0 Å². The average molecular weight is 315 g/mol. The molecule has 0 spiro atoms. The number of nitrogens with two attached hydrogens (primary N) is 1. The van der Waals surface area contributed by atoms with E-state index in [2.05, 4.69) is 21.2 Å². The molecule has 3 N–H and O–H groups in total. The Morgan fingerprint density at radius 2 is 2.06 bits per heavy atom. The number of hydrogen-bond acceptors (Lipinski definition) is 3. The monoisotopic (exact) mass is 314 g/mol. The number of ether oxygens (including phenoxy) is 1. The van der Waals surface area contributed by atoms with Crippen molar-refractivity contribution in [3.8, 4) is 5.75 Å². The summed E-state index contributed by atoms with van der Waals surface area (Å²) in [5.74, 6) is 0.462. The van der Waals surface area contributed by atoms with E-state index < -0.39 is 6.04 Å². The molecule has 0 aliphatic carbocycles. The molecule has 0 fully saturated rings. The molecule has 0 saturated carbocycles. The first-order valence-electron chi connectivity index (χ1n) is 5.65. The van der Waals surface area contributed by atoms with E-state index >= 15 is 0 Å². The minimum Gasteiger partial charge on any atom is -0.495 e. The van der Waals surface area contributed by atoms with Gasteiger partial charge in [-0.15, -0.1) is 0 Å². The molecule has 0 aliphatic rings. The molecule has 0 aliphatic heterocycles. The number of amides is 1. The highest BCUT2D eigenvalue weighted by Crippen LogP contribution is 2.28. The molecule has 100 valence electrons. The van der Waals surface area contributed by atoms with Crippen LogP contribution < -0.4 is 15.8 Å². The van der Waals surface area contributed by atoms with Gasteiger partial charge in [-0.25, -0.2) is 0 Å². The topological polar surface area (TPSA) is 64.3 Å². The summed E-state index contributed by atoms with van der Waals surface area (Å²) in [6.45, 7) is 5.79. The second-order valence-corrected chi connectivity index (χ2v) is 6.04. The minimum absolute atomic E-state index is 0.202. The Hall–Kier alpha value is -1.07. The fourth-order valence-corrected chi connectivity index (χ4v) is 1.76. The van der Waals surface area contributed by atoms with Crippen LogP contribution in [0.3, 0.4) is 0 Å². The van der Waals surface area contributed by atoms with Crippen molar-refractivity contribution in [1.29, 1.82) is 0 Å². The summed E-state index contributed by atoms with van der Waals surface area (Å²) in [6, 6.07) is 4.79. The molecule has 1 aromatic carbocycles. The van der Waals surface area contributed by atoms with Crippen molar-refractivity contribution in [1.82, 2.24) is 0 Å². The van der Waals surface area contributed by atoms with Crippen LogP contribution in [0, 0.1) is 5.41 Å². The molecule has 1 rings (SSSR count). The summed E-state index contributed by atoms with van der Waals surface area (Å²) in [7, 11) is 1.58. The Bertz CT molecular complexity index is 441. The second kappa shape index (κ2) is 5.71. The van der Waals surface area contributed by atoms with E-state index in [1.54, 1.807) is 19.2 Å². The van der Waals surface area contributed by atoms with Crippen LogP contribution in [-0.4, -0.2) is 19.1 Å². The minimum atomic E-state index is -0.563. The number of carbonyl (C=O) groups excluding carboxylic acids is 1. The standard InChI is InChI=1S/C13H19BrN2O2/c1-13(2,3)11(15)12(17)16-8-5-6-9(14)10(7-8)18-4/h5-7,11H,15H2,1-4H3,(H,16,17). The quantitative estimate of drug-likeness (QED) is 0.901. The van der Waals surface area contributed by atoms with Gasteiger partial charge in [0.1, 0.15) is 5.75 Å². The number of rotatable bonds is 3. The van der Waals surface area contributed by atoms with Crippen LogP contribution in [-0.2, 0) is 4.79 Å². The highest BCUT2D eigenvalue weighted by Gasteiger charge is 2.27. The van der Waals surface area contributed by atoms with Crippen molar-refractivity contribution in [2.75, 3.05) is 12.4 Å². The zero-order valence-corrected chi connectivity index (χ0v) is 12.7. The lowest BCUT2D eigenvalue weighted by Crippen LogP contribution is -2.45. The number of nitrogens with one attached hydrogen (secondary N) is 1. The molecule has 0 aromatic heterocycles. The molecular weight excluding hydrogens is 296 g/mol. The number of benzene rings is 1. The summed E-state index contributed by atoms with van der Waals surface area (Å²) >= 11 is 3.36. The smallest absolute Gasteiger partial charge is 0.241 e. The van der Waals surface area contributed by atoms with Crippen LogP contribution in [0.5, 0.6) is 5.75 Å². The lowest BCUT2D eigenvalue weighted by molar-refractivity contribution is -0.119. The van der Waals surface area contributed by atoms with Gasteiger partial charge in [-0.1, -0.05) is 20.8 Å². The summed E-state index contributed by atoms with van der Waals surface area (Å²) in [5, 5.41) is 2.79. The van der Waals surface area contributed by atoms with Gasteiger partial charge in [-0.05, 0) is 33.5 Å². The molecule has 5 heteroatoms. The van der Waals surface area contributed by atoms with Crippen LogP contribution >= 0.6 is 15.9 Å². The number of hydrogen-bond donors (Lipinski definition) is 2. The van der Waals surface area contributed by atoms with Crippen LogP contribution in [0.4, 0.5) is 5.69 Å². The molecule has 0 bridgehead atoms. The maximum absolute atomic E-state index is 12.0. The first-order chi connectivity index (χ1) is 8.25. The predicted octanol–water partition coefficient (Wildman–Crippen LogP) is 2.77. The zero-order chi connectivity index (χ0) is 13.9. The van der Waals surface area contributed by atoms with Crippen molar-refractivity contribution in [3.05, 3.63) is 22.7 Å². The molecule has 1 atom stereocenters. The van der Waals surface area contributed by atoms with Crippen LogP contribution in [0.1, 0.15) is 20.8 Å². The molecule has 0 radical (unpaired) electrons. The molecule has 18 heavy (non-hydrogen) atoms. The third-order valence-corrected chi connectivity index (χ3v) is 3.29. The molecule has 1 aromatic rings. The van der Waals surface area contributed by atoms with Crippen molar-refractivity contribution < 1.29 is 9.53 Å². The van der Waals surface area contributed by atoms with E-state index in [1.165, 1.54) is 0 Å². The van der Waals surface area contributed by atoms with E-state index in [0.717, 1.165) is 4.47 Å². The fraction of sp³-hybridized carbons (Fsp3) is 0.462. The van der Waals surface area contributed by atoms with Crippen LogP contribution in [0.2, 0.25) is 0 Å². The van der Waals surface area contributed by atoms with Gasteiger partial charge >= 0.3 is 0 Å². The summed E-state index contributed by atoms with van der Waals surface area (Å²) in [4.78, 5) is 12.0. The van der Waals surface area contributed by atoms with Crippen molar-refractivity contribution in [3.63, 3.8) is 0 Å². The van der Waals surface area contributed by atoms with E-state index in [4.69, 9.17) is 10.5 Å². The van der Waals surface area contributed by atoms with Gasteiger partial charge in [0, 0.05) is 11.8 Å². The highest BCUT2D eigenvalue weighted by atomic mass is 79.9. The maximum Gasteiger partial charge on any atom is 0.241 e. The van der Waals surface area contributed by atoms with Gasteiger partial charge in [0.15, 0.2) is 0 Å². The van der Waals surface area contributed by atoms with Crippen LogP contribution in [0.15, 0.2) is 22.7 Å². The number of anilines is 1. The lowest BCUT2D eigenvalue weighted by atomic mass is 9.87. The second-order valence-electron chi connectivity index (χ2n) is 5.18. The lowest BCUT2D eigenvalue weighted by Gasteiger charge is -2.25. The van der Waals surface area contributed by atoms with E-state index in [1.807, 2.05) is 26.8 Å². The normalized spacial score (nSPS) is 13.0. The maximum atomic E-state index is 12.0. The number of methoxy groups -OCH3 is 1. The Morgan fingerprint density at radius 1 is 1.44 bits per heavy atom. The van der Waals surface area contributed by atoms with Crippen molar-refractivity contribution in [2.45, 2.75) is 26.8 Å². The third kappa shape index (κ3) is 3.71. The largest absolute Gasteiger partial charge is 0.495 e. The molecule has 1 unspecified atom stereocenters. The van der Waals surface area contributed by atoms with Gasteiger partial charge in [0.05, 0.1) is 17.6 Å². The van der Waals surface area contributed by atoms with Crippen molar-refractivity contribution >= 4 is 27.5 Å². The number of halogens is 1. The van der Waals surface area contributed by atoms with Gasteiger partial charge in [-0.3, -0.25) is 4.79 Å². The first kappa shape index (κ1) is 15.0. The van der Waals surface area contributed by atoms with Gasteiger partial charge in [0.25, 0.3) is 0 Å². The SMILES string of the molecule is COc1cc(NC(=O)C(N)C(C)(C)C)ccc1Br. The molecular formula is C13H19BrN2O2. The summed E-state index contributed by atoms with van der Waals surface area (Å²) in [6.07, 6.45) is 0. The third-order valence-electron chi connectivity index (χ3n) is 2.63. The highest BCUT2D eigenvalue weighted by molar-refractivity contribution is 9.10. The molecule has 1 amide bonds. The average Bonchev–Trinajstić information content (AvgIpc) is 2.29. The first-order valence-corrected chi connectivity index (χ1v) is 6.45. The van der Waals surface area contributed by atoms with Gasteiger partial charge in [0.2, 0.25) is 5.91 Å².